The molecule has 1 atom stereocenters. The van der Waals surface area contributed by atoms with Gasteiger partial charge in [0.1, 0.15) is 11.1 Å². The van der Waals surface area contributed by atoms with E-state index in [1.807, 2.05) is 49.6 Å². The Bertz CT molecular complexity index is 1050. The minimum atomic E-state index is -0.571. The van der Waals surface area contributed by atoms with Crippen molar-refractivity contribution in [1.29, 1.82) is 0 Å². The highest BCUT2D eigenvalue weighted by Crippen LogP contribution is 2.41. The Morgan fingerprint density at radius 1 is 1.20 bits per heavy atom. The molecule has 0 spiro atoms. The molecule has 0 aliphatic heterocycles. The van der Waals surface area contributed by atoms with Gasteiger partial charge in [0, 0.05) is 10.6 Å². The number of hydrogen-bond donors (Lipinski definition) is 0. The third kappa shape index (κ3) is 5.06. The lowest BCUT2D eigenvalue weighted by atomic mass is 10.1. The topological polar surface area (TPSA) is 83.1 Å². The van der Waals surface area contributed by atoms with Crippen LogP contribution in [0.15, 0.2) is 41.6 Å². The normalized spacial score (nSPS) is 12.0. The second-order valence-corrected chi connectivity index (χ2v) is 8.56. The lowest BCUT2D eigenvalue weighted by Crippen LogP contribution is -2.11. The zero-order valence-electron chi connectivity index (χ0n) is 16.6. The maximum Gasteiger partial charge on any atom is 0.220 e. The summed E-state index contributed by atoms with van der Waals surface area (Å²) in [6.45, 7) is 5.74. The molecular weight excluding hydrogens is 447 g/mol. The van der Waals surface area contributed by atoms with Crippen molar-refractivity contribution in [3.8, 4) is 11.4 Å². The van der Waals surface area contributed by atoms with Crippen LogP contribution < -0.4 is 4.74 Å². The van der Waals surface area contributed by atoms with Gasteiger partial charge in [-0.05, 0) is 56.2 Å². The fraction of sp³-hybridized carbons (Fsp3) is 0.300. The number of ether oxygens (including phenoxy) is 1. The first-order valence-electron chi connectivity index (χ1n) is 9.19. The Morgan fingerprint density at radius 3 is 2.50 bits per heavy atom. The van der Waals surface area contributed by atoms with Crippen molar-refractivity contribution < 1.29 is 9.66 Å². The average molecular weight is 467 g/mol. The molecule has 158 valence electrons. The van der Waals surface area contributed by atoms with Gasteiger partial charge in [-0.1, -0.05) is 47.1 Å². The van der Waals surface area contributed by atoms with E-state index >= 15 is 0 Å². The van der Waals surface area contributed by atoms with Gasteiger partial charge in [0.15, 0.2) is 10.9 Å². The Kier molecular flexibility index (Phi) is 7.23. The Morgan fingerprint density at radius 2 is 1.90 bits per heavy atom. The summed E-state index contributed by atoms with van der Waals surface area (Å²) in [4.78, 5) is 11.0. The van der Waals surface area contributed by atoms with Gasteiger partial charge in [0.05, 0.1) is 16.7 Å². The predicted octanol–water partition coefficient (Wildman–Crippen LogP) is 5.70. The zero-order valence-corrected chi connectivity index (χ0v) is 19.0. The Labute approximate surface area is 188 Å². The first-order valence-corrected chi connectivity index (χ1v) is 10.8. The number of rotatable bonds is 8. The molecule has 0 bridgehead atoms. The molecular formula is C20H20Cl2N4O3S. The van der Waals surface area contributed by atoms with Crippen molar-refractivity contribution in [2.24, 2.45) is 0 Å². The third-order valence-corrected chi connectivity index (χ3v) is 6.04. The second-order valence-electron chi connectivity index (χ2n) is 6.57. The largest absolute Gasteiger partial charge is 0.491 e. The van der Waals surface area contributed by atoms with Gasteiger partial charge >= 0.3 is 0 Å². The van der Waals surface area contributed by atoms with Crippen molar-refractivity contribution in [2.45, 2.75) is 31.2 Å². The van der Waals surface area contributed by atoms with Gasteiger partial charge in [-0.3, -0.25) is 14.7 Å². The van der Waals surface area contributed by atoms with E-state index in [1.165, 1.54) is 11.8 Å². The van der Waals surface area contributed by atoms with Gasteiger partial charge in [-0.2, -0.15) is 0 Å². The monoisotopic (exact) mass is 466 g/mol. The smallest absolute Gasteiger partial charge is 0.220 e. The molecule has 0 fully saturated rings. The minimum absolute atomic E-state index is 0.310. The SMILES string of the molecule is CCOc1c(Cl)cc([C@@H](C[N+](=O)[O-])Sc2nnc(C)n2-c2cccc(C)c2)cc1Cl. The van der Waals surface area contributed by atoms with Crippen LogP contribution in [0, 0.1) is 24.0 Å². The van der Waals surface area contributed by atoms with Gasteiger partial charge in [0.25, 0.3) is 0 Å². The van der Waals surface area contributed by atoms with Crippen LogP contribution in [-0.4, -0.2) is 32.8 Å². The van der Waals surface area contributed by atoms with Crippen LogP contribution in [-0.2, 0) is 0 Å². The maximum atomic E-state index is 11.4. The molecule has 10 heteroatoms. The molecule has 0 aliphatic rings. The van der Waals surface area contributed by atoms with Crippen LogP contribution in [0.5, 0.6) is 5.75 Å². The lowest BCUT2D eigenvalue weighted by Gasteiger charge is -2.16. The number of nitrogens with zero attached hydrogens (tertiary/aromatic N) is 4. The summed E-state index contributed by atoms with van der Waals surface area (Å²) in [5.74, 6) is 1.05. The number of thioether (sulfide) groups is 1. The number of benzene rings is 2. The summed E-state index contributed by atoms with van der Waals surface area (Å²) < 4.78 is 7.34. The molecule has 0 saturated heterocycles. The van der Waals surface area contributed by atoms with Crippen LogP contribution in [0.3, 0.4) is 0 Å². The molecule has 0 radical (unpaired) electrons. The lowest BCUT2D eigenvalue weighted by molar-refractivity contribution is -0.479. The summed E-state index contributed by atoms with van der Waals surface area (Å²) in [7, 11) is 0. The molecule has 0 amide bonds. The van der Waals surface area contributed by atoms with Crippen molar-refractivity contribution >= 4 is 35.0 Å². The molecule has 0 saturated carbocycles. The predicted molar refractivity (Wildman–Crippen MR) is 119 cm³/mol. The molecule has 0 unspecified atom stereocenters. The van der Waals surface area contributed by atoms with E-state index in [-0.39, 0.29) is 11.5 Å². The van der Waals surface area contributed by atoms with Crippen LogP contribution in [0.2, 0.25) is 10.0 Å². The van der Waals surface area contributed by atoms with E-state index in [0.29, 0.717) is 38.9 Å². The summed E-state index contributed by atoms with van der Waals surface area (Å²) in [6.07, 6.45) is 0. The Hall–Kier alpha value is -2.29. The zero-order chi connectivity index (χ0) is 21.8. The number of hydrogen-bond acceptors (Lipinski definition) is 6. The average Bonchev–Trinajstić information content (AvgIpc) is 3.04. The number of nitro groups is 1. The molecule has 7 nitrogen and oxygen atoms in total. The molecule has 0 aliphatic carbocycles. The number of aromatic nitrogens is 3. The van der Waals surface area contributed by atoms with E-state index < -0.39 is 5.25 Å². The summed E-state index contributed by atoms with van der Waals surface area (Å²) >= 11 is 13.9. The molecule has 2 aromatic carbocycles. The van der Waals surface area contributed by atoms with Gasteiger partial charge < -0.3 is 4.74 Å². The molecule has 0 N–H and O–H groups in total. The fourth-order valence-electron chi connectivity index (χ4n) is 3.00. The van der Waals surface area contributed by atoms with E-state index in [0.717, 1.165) is 11.3 Å². The van der Waals surface area contributed by atoms with E-state index in [4.69, 9.17) is 27.9 Å². The van der Waals surface area contributed by atoms with E-state index in [9.17, 15) is 10.1 Å². The number of aryl methyl sites for hydroxylation is 2. The van der Waals surface area contributed by atoms with Crippen LogP contribution >= 0.6 is 35.0 Å². The highest BCUT2D eigenvalue weighted by molar-refractivity contribution is 7.99. The maximum absolute atomic E-state index is 11.4. The molecule has 30 heavy (non-hydrogen) atoms. The Balaban J connectivity index is 2.01. The fourth-order valence-corrected chi connectivity index (χ4v) is 4.77. The number of halogens is 2. The van der Waals surface area contributed by atoms with Crippen LogP contribution in [0.1, 0.15) is 29.1 Å². The minimum Gasteiger partial charge on any atom is -0.491 e. The summed E-state index contributed by atoms with van der Waals surface area (Å²) in [6, 6.07) is 11.2. The van der Waals surface area contributed by atoms with Crippen LogP contribution in [0.25, 0.3) is 5.69 Å². The van der Waals surface area contributed by atoms with Crippen molar-refractivity contribution in [1.82, 2.24) is 14.8 Å². The summed E-state index contributed by atoms with van der Waals surface area (Å²) in [5.41, 5.74) is 2.60. The van der Waals surface area contributed by atoms with Crippen molar-refractivity contribution in [2.75, 3.05) is 13.2 Å². The van der Waals surface area contributed by atoms with Gasteiger partial charge in [0.2, 0.25) is 6.54 Å². The van der Waals surface area contributed by atoms with E-state index in [1.54, 1.807) is 12.1 Å². The molecule has 1 aromatic heterocycles. The van der Waals surface area contributed by atoms with E-state index in [2.05, 4.69) is 10.2 Å². The van der Waals surface area contributed by atoms with Gasteiger partial charge in [-0.25, -0.2) is 0 Å². The molecule has 3 rings (SSSR count). The highest BCUT2D eigenvalue weighted by Gasteiger charge is 2.25. The van der Waals surface area contributed by atoms with Crippen molar-refractivity contribution in [3.05, 3.63) is 73.5 Å². The third-order valence-electron chi connectivity index (χ3n) is 4.30. The highest BCUT2D eigenvalue weighted by atomic mass is 35.5. The molecule has 1 heterocycles. The van der Waals surface area contributed by atoms with Gasteiger partial charge in [-0.15, -0.1) is 10.2 Å². The first kappa shape index (κ1) is 22.4. The second kappa shape index (κ2) is 9.68. The quantitative estimate of drug-likeness (QED) is 0.240. The summed E-state index contributed by atoms with van der Waals surface area (Å²) in [5, 5.41) is 20.4. The molecule has 3 aromatic rings. The van der Waals surface area contributed by atoms with Crippen LogP contribution in [0.4, 0.5) is 0 Å². The standard InChI is InChI=1S/C20H20Cl2N4O3S/c1-4-29-19-16(21)9-14(10-17(19)22)18(11-25(27)28)30-20-24-23-13(3)26(20)15-7-5-6-12(2)8-15/h5-10,18H,4,11H2,1-3H3/t18-/m1/s1. The van der Waals surface area contributed by atoms with Crippen molar-refractivity contribution in [3.63, 3.8) is 0 Å². The first-order chi connectivity index (χ1) is 14.3.